The van der Waals surface area contributed by atoms with Gasteiger partial charge in [-0.2, -0.15) is 0 Å². The highest BCUT2D eigenvalue weighted by Crippen LogP contribution is 2.38. The maximum Gasteiger partial charge on any atom is 0.257 e. The lowest BCUT2D eigenvalue weighted by Crippen LogP contribution is -2.32. The zero-order valence-electron chi connectivity index (χ0n) is 11.0. The Morgan fingerprint density at radius 1 is 1.39 bits per heavy atom. The Bertz CT molecular complexity index is 471. The summed E-state index contributed by atoms with van der Waals surface area (Å²) in [6.07, 6.45) is 2.15. The fourth-order valence-electron chi connectivity index (χ4n) is 3.09. The second-order valence-corrected chi connectivity index (χ2v) is 5.61. The predicted molar refractivity (Wildman–Crippen MR) is 66.6 cm³/mol. The summed E-state index contributed by atoms with van der Waals surface area (Å²) in [7, 11) is 0. The number of hydrogen-bond acceptors (Lipinski definition) is 3. The molecule has 4 heteroatoms. The van der Waals surface area contributed by atoms with Crippen LogP contribution in [0.2, 0.25) is 0 Å². The lowest BCUT2D eigenvalue weighted by Gasteiger charge is -2.21. The molecule has 0 unspecified atom stereocenters. The Balaban J connectivity index is 1.76. The normalized spacial score (nSPS) is 27.3. The van der Waals surface area contributed by atoms with Crippen LogP contribution in [-0.4, -0.2) is 37.1 Å². The molecule has 2 saturated heterocycles. The molecular formula is C14H19NO3. The van der Waals surface area contributed by atoms with Crippen molar-refractivity contribution < 1.29 is 13.9 Å². The highest BCUT2D eigenvalue weighted by molar-refractivity contribution is 5.95. The van der Waals surface area contributed by atoms with Crippen LogP contribution in [0, 0.1) is 19.3 Å². The van der Waals surface area contributed by atoms with Gasteiger partial charge in [0.15, 0.2) is 0 Å². The first-order valence-electron chi connectivity index (χ1n) is 6.54. The molecule has 0 radical (unpaired) electrons. The van der Waals surface area contributed by atoms with Gasteiger partial charge in [0.1, 0.15) is 11.5 Å². The van der Waals surface area contributed by atoms with Gasteiger partial charge >= 0.3 is 0 Å². The molecule has 1 spiro atoms. The molecule has 0 aliphatic carbocycles. The number of carbonyl (C=O) groups is 1. The van der Waals surface area contributed by atoms with E-state index >= 15 is 0 Å². The van der Waals surface area contributed by atoms with Crippen LogP contribution >= 0.6 is 0 Å². The van der Waals surface area contributed by atoms with E-state index in [4.69, 9.17) is 9.15 Å². The van der Waals surface area contributed by atoms with Crippen molar-refractivity contribution in [3.8, 4) is 0 Å². The highest BCUT2D eigenvalue weighted by Gasteiger charge is 2.43. The lowest BCUT2D eigenvalue weighted by molar-refractivity contribution is 0.0764. The van der Waals surface area contributed by atoms with Crippen molar-refractivity contribution in [3.63, 3.8) is 0 Å². The summed E-state index contributed by atoms with van der Waals surface area (Å²) < 4.78 is 10.9. The number of carbonyl (C=O) groups excluding carboxylic acids is 1. The van der Waals surface area contributed by atoms with E-state index in [-0.39, 0.29) is 11.3 Å². The van der Waals surface area contributed by atoms with Gasteiger partial charge in [-0.1, -0.05) is 0 Å². The van der Waals surface area contributed by atoms with Gasteiger partial charge in [-0.15, -0.1) is 0 Å². The number of ether oxygens (including phenoxy) is 1. The quantitative estimate of drug-likeness (QED) is 0.766. The smallest absolute Gasteiger partial charge is 0.257 e. The van der Waals surface area contributed by atoms with E-state index < -0.39 is 0 Å². The van der Waals surface area contributed by atoms with E-state index in [9.17, 15) is 4.79 Å². The van der Waals surface area contributed by atoms with Gasteiger partial charge in [0.2, 0.25) is 0 Å². The molecule has 3 heterocycles. The average Bonchev–Trinajstić information content (AvgIpc) is 3.02. The predicted octanol–water partition coefficient (Wildman–Crippen LogP) is 2.15. The number of nitrogens with zero attached hydrogens (tertiary/aromatic N) is 1. The fraction of sp³-hybridized carbons (Fsp3) is 0.643. The van der Waals surface area contributed by atoms with E-state index in [1.807, 2.05) is 24.8 Å². The van der Waals surface area contributed by atoms with Gasteiger partial charge in [0.25, 0.3) is 5.91 Å². The molecule has 0 bridgehead atoms. The topological polar surface area (TPSA) is 42.7 Å². The van der Waals surface area contributed by atoms with Gasteiger partial charge in [-0.3, -0.25) is 4.79 Å². The molecule has 3 rings (SSSR count). The van der Waals surface area contributed by atoms with E-state index in [0.29, 0.717) is 5.56 Å². The summed E-state index contributed by atoms with van der Waals surface area (Å²) in [5, 5.41) is 0. The molecule has 1 amide bonds. The number of furan rings is 1. The number of hydrogen-bond donors (Lipinski definition) is 0. The average molecular weight is 249 g/mol. The van der Waals surface area contributed by atoms with Crippen molar-refractivity contribution >= 4 is 5.91 Å². The minimum Gasteiger partial charge on any atom is -0.466 e. The molecule has 2 fully saturated rings. The number of rotatable bonds is 1. The lowest BCUT2D eigenvalue weighted by atomic mass is 9.87. The van der Waals surface area contributed by atoms with Gasteiger partial charge in [0, 0.05) is 25.1 Å². The van der Waals surface area contributed by atoms with E-state index in [0.717, 1.165) is 50.7 Å². The zero-order valence-corrected chi connectivity index (χ0v) is 11.0. The van der Waals surface area contributed by atoms with Crippen molar-refractivity contribution in [3.05, 3.63) is 23.2 Å². The summed E-state index contributed by atoms with van der Waals surface area (Å²) in [6.45, 7) is 7.04. The molecule has 4 nitrogen and oxygen atoms in total. The van der Waals surface area contributed by atoms with Gasteiger partial charge in [-0.05, 0) is 32.8 Å². The third-order valence-corrected chi connectivity index (χ3v) is 4.18. The minimum atomic E-state index is 0.105. The Labute approximate surface area is 107 Å². The fourth-order valence-corrected chi connectivity index (χ4v) is 3.09. The Hall–Kier alpha value is -1.29. The van der Waals surface area contributed by atoms with Crippen LogP contribution in [0.15, 0.2) is 10.5 Å². The summed E-state index contributed by atoms with van der Waals surface area (Å²) in [4.78, 5) is 14.4. The van der Waals surface area contributed by atoms with Crippen LogP contribution in [0.25, 0.3) is 0 Å². The Morgan fingerprint density at radius 2 is 2.22 bits per heavy atom. The molecule has 98 valence electrons. The molecule has 18 heavy (non-hydrogen) atoms. The zero-order chi connectivity index (χ0) is 12.8. The molecule has 1 aromatic rings. The third kappa shape index (κ3) is 1.85. The van der Waals surface area contributed by atoms with E-state index in [2.05, 4.69) is 0 Å². The first-order chi connectivity index (χ1) is 8.60. The monoisotopic (exact) mass is 249 g/mol. The van der Waals surface area contributed by atoms with Crippen LogP contribution in [0.3, 0.4) is 0 Å². The summed E-state index contributed by atoms with van der Waals surface area (Å²) in [5.74, 6) is 1.63. The first kappa shape index (κ1) is 11.8. The molecule has 0 saturated carbocycles. The summed E-state index contributed by atoms with van der Waals surface area (Å²) in [6, 6.07) is 1.84. The second kappa shape index (κ2) is 4.12. The standard InChI is InChI=1S/C14H19NO3/c1-10-7-12(11(2)18-10)13(16)15-5-3-14(8-15)4-6-17-9-14/h7H,3-6,8-9H2,1-2H3/t14-/m0/s1. The maximum absolute atomic E-state index is 12.4. The summed E-state index contributed by atoms with van der Waals surface area (Å²) >= 11 is 0. The van der Waals surface area contributed by atoms with Crippen LogP contribution in [0.4, 0.5) is 0 Å². The number of amides is 1. The molecule has 0 aromatic carbocycles. The number of likely N-dealkylation sites (tertiary alicyclic amines) is 1. The Kier molecular flexibility index (Phi) is 2.70. The van der Waals surface area contributed by atoms with Crippen LogP contribution < -0.4 is 0 Å². The molecule has 1 aromatic heterocycles. The molecule has 2 aliphatic heterocycles. The maximum atomic E-state index is 12.4. The highest BCUT2D eigenvalue weighted by atomic mass is 16.5. The molecule has 1 atom stereocenters. The third-order valence-electron chi connectivity index (χ3n) is 4.18. The first-order valence-corrected chi connectivity index (χ1v) is 6.54. The van der Waals surface area contributed by atoms with Crippen molar-refractivity contribution in [1.29, 1.82) is 0 Å². The van der Waals surface area contributed by atoms with Crippen LogP contribution in [0.1, 0.15) is 34.7 Å². The molecule has 2 aliphatic rings. The van der Waals surface area contributed by atoms with E-state index in [1.165, 1.54) is 0 Å². The second-order valence-electron chi connectivity index (χ2n) is 5.61. The van der Waals surface area contributed by atoms with Crippen LogP contribution in [-0.2, 0) is 4.74 Å². The van der Waals surface area contributed by atoms with Crippen molar-refractivity contribution in [2.45, 2.75) is 26.7 Å². The Morgan fingerprint density at radius 3 is 2.83 bits per heavy atom. The molecular weight excluding hydrogens is 230 g/mol. The van der Waals surface area contributed by atoms with Gasteiger partial charge < -0.3 is 14.1 Å². The van der Waals surface area contributed by atoms with Crippen LogP contribution in [0.5, 0.6) is 0 Å². The van der Waals surface area contributed by atoms with Crippen molar-refractivity contribution in [2.24, 2.45) is 5.41 Å². The van der Waals surface area contributed by atoms with Gasteiger partial charge in [0.05, 0.1) is 12.2 Å². The number of aryl methyl sites for hydroxylation is 2. The van der Waals surface area contributed by atoms with Gasteiger partial charge in [-0.25, -0.2) is 0 Å². The van der Waals surface area contributed by atoms with Crippen molar-refractivity contribution in [1.82, 2.24) is 4.90 Å². The van der Waals surface area contributed by atoms with E-state index in [1.54, 1.807) is 0 Å². The largest absolute Gasteiger partial charge is 0.466 e. The summed E-state index contributed by atoms with van der Waals surface area (Å²) in [5.41, 5.74) is 0.936. The molecule has 0 N–H and O–H groups in total. The minimum absolute atomic E-state index is 0.105. The van der Waals surface area contributed by atoms with Crippen molar-refractivity contribution in [2.75, 3.05) is 26.3 Å². The SMILES string of the molecule is Cc1cc(C(=O)N2CC[C@]3(CCOC3)C2)c(C)o1.